The van der Waals surface area contributed by atoms with Crippen LogP contribution in [-0.4, -0.2) is 62.2 Å². The van der Waals surface area contributed by atoms with Crippen molar-refractivity contribution < 1.29 is 28.5 Å². The maximum atomic E-state index is 12.9. The van der Waals surface area contributed by atoms with Gasteiger partial charge in [-0.2, -0.15) is 0 Å². The van der Waals surface area contributed by atoms with Gasteiger partial charge in [0, 0.05) is 19.3 Å². The van der Waals surface area contributed by atoms with Crippen LogP contribution < -0.4 is 9.47 Å². The number of carbonyl (C=O) groups is 2. The van der Waals surface area contributed by atoms with Gasteiger partial charge in [0.15, 0.2) is 16.7 Å². The zero-order chi connectivity index (χ0) is 21.0. The molecule has 29 heavy (non-hydrogen) atoms. The Labute approximate surface area is 173 Å². The van der Waals surface area contributed by atoms with Crippen LogP contribution in [-0.2, 0) is 19.1 Å². The zero-order valence-electron chi connectivity index (χ0n) is 16.9. The standard InChI is InChI=1S/C20H24N2O6S/c1-12-17(19(24)28-9-8-25-2)18(22-16(23)7-10-29-20(22)21-12)13-5-6-14(26-3)15(11-13)27-4/h5-6,11,18H,7-10H2,1-4H3. The molecule has 0 spiro atoms. The van der Waals surface area contributed by atoms with Crippen molar-refractivity contribution in [2.75, 3.05) is 40.3 Å². The first-order chi connectivity index (χ1) is 14.0. The Kier molecular flexibility index (Phi) is 6.81. The lowest BCUT2D eigenvalue weighted by atomic mass is 9.94. The lowest BCUT2D eigenvalue weighted by Crippen LogP contribution is -2.45. The van der Waals surface area contributed by atoms with Crippen molar-refractivity contribution in [1.82, 2.24) is 4.90 Å². The summed E-state index contributed by atoms with van der Waals surface area (Å²) in [4.78, 5) is 31.8. The Bertz CT molecular complexity index is 867. The molecule has 0 saturated carbocycles. The summed E-state index contributed by atoms with van der Waals surface area (Å²) in [5.74, 6) is 1.12. The van der Waals surface area contributed by atoms with Gasteiger partial charge in [0.25, 0.3) is 0 Å². The number of hydrogen-bond acceptors (Lipinski definition) is 8. The second-order valence-electron chi connectivity index (χ2n) is 6.40. The van der Waals surface area contributed by atoms with E-state index in [1.165, 1.54) is 26.0 Å². The predicted octanol–water partition coefficient (Wildman–Crippen LogP) is 2.54. The molecule has 2 aliphatic heterocycles. The Hall–Kier alpha value is -2.52. The van der Waals surface area contributed by atoms with Gasteiger partial charge in [0.05, 0.1) is 38.1 Å². The van der Waals surface area contributed by atoms with Crippen molar-refractivity contribution >= 4 is 28.8 Å². The van der Waals surface area contributed by atoms with Gasteiger partial charge in [-0.25, -0.2) is 9.79 Å². The summed E-state index contributed by atoms with van der Waals surface area (Å²) in [5.41, 5.74) is 1.57. The second-order valence-corrected chi connectivity index (χ2v) is 7.46. The molecular formula is C20H24N2O6S. The molecule has 1 saturated heterocycles. The molecule has 0 aliphatic carbocycles. The average molecular weight is 420 g/mol. The monoisotopic (exact) mass is 420 g/mol. The summed E-state index contributed by atoms with van der Waals surface area (Å²) in [6.45, 7) is 2.15. The average Bonchev–Trinajstić information content (AvgIpc) is 2.72. The number of amides is 1. The highest BCUT2D eigenvalue weighted by molar-refractivity contribution is 8.14. The maximum Gasteiger partial charge on any atom is 0.338 e. The minimum Gasteiger partial charge on any atom is -0.493 e. The Morgan fingerprint density at radius 1 is 1.21 bits per heavy atom. The van der Waals surface area contributed by atoms with Gasteiger partial charge in [-0.1, -0.05) is 17.8 Å². The van der Waals surface area contributed by atoms with Crippen molar-refractivity contribution in [1.29, 1.82) is 0 Å². The molecule has 0 N–H and O–H groups in total. The molecule has 0 aromatic heterocycles. The SMILES string of the molecule is COCCOC(=O)C1=C(C)N=C2SCCC(=O)N2C1c1ccc(OC)c(OC)c1. The number of thioether (sulfide) groups is 1. The van der Waals surface area contributed by atoms with Gasteiger partial charge in [-0.05, 0) is 24.6 Å². The van der Waals surface area contributed by atoms with Crippen LogP contribution in [0.25, 0.3) is 0 Å². The van der Waals surface area contributed by atoms with Crippen molar-refractivity contribution in [3.63, 3.8) is 0 Å². The van der Waals surface area contributed by atoms with E-state index >= 15 is 0 Å². The van der Waals surface area contributed by atoms with Gasteiger partial charge in [0.1, 0.15) is 6.61 Å². The van der Waals surface area contributed by atoms with E-state index in [-0.39, 0.29) is 19.1 Å². The summed E-state index contributed by atoms with van der Waals surface area (Å²) in [6.07, 6.45) is 0.374. The molecule has 8 nitrogen and oxygen atoms in total. The highest BCUT2D eigenvalue weighted by Gasteiger charge is 2.42. The van der Waals surface area contributed by atoms with Gasteiger partial charge in [0.2, 0.25) is 5.91 Å². The quantitative estimate of drug-likeness (QED) is 0.495. The Morgan fingerprint density at radius 3 is 2.66 bits per heavy atom. The van der Waals surface area contributed by atoms with Crippen molar-refractivity contribution in [2.45, 2.75) is 19.4 Å². The van der Waals surface area contributed by atoms with Crippen LogP contribution in [0.15, 0.2) is 34.5 Å². The van der Waals surface area contributed by atoms with Crippen molar-refractivity contribution in [3.8, 4) is 11.5 Å². The van der Waals surface area contributed by atoms with Crippen LogP contribution in [0.3, 0.4) is 0 Å². The van der Waals surface area contributed by atoms with E-state index in [0.717, 1.165) is 0 Å². The minimum absolute atomic E-state index is 0.0861. The lowest BCUT2D eigenvalue weighted by Gasteiger charge is -2.39. The van der Waals surface area contributed by atoms with E-state index in [1.54, 1.807) is 31.1 Å². The van der Waals surface area contributed by atoms with E-state index in [9.17, 15) is 9.59 Å². The number of methoxy groups -OCH3 is 3. The third-order valence-electron chi connectivity index (χ3n) is 4.67. The third kappa shape index (κ3) is 4.25. The van der Waals surface area contributed by atoms with Crippen LogP contribution in [0, 0.1) is 0 Å². The second kappa shape index (κ2) is 9.32. The molecule has 1 fully saturated rings. The zero-order valence-corrected chi connectivity index (χ0v) is 17.7. The largest absolute Gasteiger partial charge is 0.493 e. The van der Waals surface area contributed by atoms with E-state index in [4.69, 9.17) is 18.9 Å². The first-order valence-corrected chi connectivity index (χ1v) is 10.1. The molecule has 2 aliphatic rings. The number of nitrogens with zero attached hydrogens (tertiary/aromatic N) is 2. The molecule has 1 atom stereocenters. The van der Waals surface area contributed by atoms with E-state index in [0.29, 0.717) is 45.7 Å². The fourth-order valence-corrected chi connectivity index (χ4v) is 4.30. The molecule has 1 amide bonds. The first-order valence-electron chi connectivity index (χ1n) is 9.14. The lowest BCUT2D eigenvalue weighted by molar-refractivity contribution is -0.141. The first kappa shape index (κ1) is 21.2. The summed E-state index contributed by atoms with van der Waals surface area (Å²) in [6, 6.07) is 4.69. The topological polar surface area (TPSA) is 86.7 Å². The summed E-state index contributed by atoms with van der Waals surface area (Å²) in [5, 5.41) is 0.590. The highest BCUT2D eigenvalue weighted by Crippen LogP contribution is 2.42. The number of amidine groups is 1. The number of ether oxygens (including phenoxy) is 4. The van der Waals surface area contributed by atoms with E-state index < -0.39 is 12.0 Å². The fourth-order valence-electron chi connectivity index (χ4n) is 3.29. The summed E-state index contributed by atoms with van der Waals surface area (Å²) >= 11 is 1.50. The molecule has 1 aromatic carbocycles. The van der Waals surface area contributed by atoms with Crippen LogP contribution in [0.4, 0.5) is 0 Å². The molecule has 0 bridgehead atoms. The number of esters is 1. The van der Waals surface area contributed by atoms with Crippen molar-refractivity contribution in [3.05, 3.63) is 35.0 Å². The molecule has 9 heteroatoms. The number of rotatable bonds is 7. The number of fused-ring (bicyclic) bond motifs is 1. The molecule has 156 valence electrons. The number of allylic oxidation sites excluding steroid dienone is 1. The van der Waals surface area contributed by atoms with Gasteiger partial charge >= 0.3 is 5.97 Å². The predicted molar refractivity (Wildman–Crippen MR) is 109 cm³/mol. The fraction of sp³-hybridized carbons (Fsp3) is 0.450. The molecule has 1 unspecified atom stereocenters. The molecule has 2 heterocycles. The van der Waals surface area contributed by atoms with Crippen LogP contribution in [0.1, 0.15) is 24.9 Å². The maximum absolute atomic E-state index is 12.9. The molecule has 1 aromatic rings. The van der Waals surface area contributed by atoms with Crippen LogP contribution in [0.2, 0.25) is 0 Å². The van der Waals surface area contributed by atoms with E-state index in [1.807, 2.05) is 6.07 Å². The van der Waals surface area contributed by atoms with E-state index in [2.05, 4.69) is 4.99 Å². The van der Waals surface area contributed by atoms with Gasteiger partial charge in [-0.3, -0.25) is 9.69 Å². The molecule has 0 radical (unpaired) electrons. The smallest absolute Gasteiger partial charge is 0.338 e. The van der Waals surface area contributed by atoms with Crippen molar-refractivity contribution in [2.24, 2.45) is 4.99 Å². The van der Waals surface area contributed by atoms with Gasteiger partial charge in [-0.15, -0.1) is 0 Å². The van der Waals surface area contributed by atoms with Crippen LogP contribution in [0.5, 0.6) is 11.5 Å². The summed E-state index contributed by atoms with van der Waals surface area (Å²) in [7, 11) is 4.63. The van der Waals surface area contributed by atoms with Crippen LogP contribution >= 0.6 is 11.8 Å². The van der Waals surface area contributed by atoms with Gasteiger partial charge < -0.3 is 18.9 Å². The highest BCUT2D eigenvalue weighted by atomic mass is 32.2. The number of benzene rings is 1. The number of carbonyl (C=O) groups excluding carboxylic acids is 2. The third-order valence-corrected chi connectivity index (χ3v) is 5.62. The number of hydrogen-bond donors (Lipinski definition) is 0. The molecular weight excluding hydrogens is 396 g/mol. The number of aliphatic imine (C=N–C) groups is 1. The molecule has 3 rings (SSSR count). The Morgan fingerprint density at radius 2 is 1.97 bits per heavy atom. The summed E-state index contributed by atoms with van der Waals surface area (Å²) < 4.78 is 21.1. The Balaban J connectivity index is 2.09. The normalized spacial score (nSPS) is 18.9. The minimum atomic E-state index is -0.655.